The predicted octanol–water partition coefficient (Wildman–Crippen LogP) is 2.74. The first kappa shape index (κ1) is 11.5. The van der Waals surface area contributed by atoms with Gasteiger partial charge in [0.15, 0.2) is 0 Å². The fraction of sp³-hybridized carbons (Fsp3) is 0.308. The second-order valence-electron chi connectivity index (χ2n) is 3.78. The smallest absolute Gasteiger partial charge is 0.123 e. The number of anilines is 2. The fourth-order valence-electron chi connectivity index (χ4n) is 1.71. The Kier molecular flexibility index (Phi) is 3.65. The molecule has 0 radical (unpaired) electrons. The summed E-state index contributed by atoms with van der Waals surface area (Å²) in [6, 6.07) is 5.98. The summed E-state index contributed by atoms with van der Waals surface area (Å²) in [4.78, 5) is 6.43. The van der Waals surface area contributed by atoms with Crippen LogP contribution in [-0.2, 0) is 6.54 Å². The van der Waals surface area contributed by atoms with Crippen molar-refractivity contribution < 1.29 is 4.42 Å². The van der Waals surface area contributed by atoms with Crippen LogP contribution in [-0.4, -0.2) is 18.6 Å². The van der Waals surface area contributed by atoms with Crippen molar-refractivity contribution in [3.63, 3.8) is 0 Å². The van der Waals surface area contributed by atoms with E-state index < -0.39 is 0 Å². The second-order valence-corrected chi connectivity index (χ2v) is 3.78. The number of rotatable bonds is 5. The summed E-state index contributed by atoms with van der Waals surface area (Å²) in [5.41, 5.74) is 2.11. The van der Waals surface area contributed by atoms with Crippen LogP contribution in [0, 0.1) is 0 Å². The molecule has 0 saturated heterocycles. The maximum Gasteiger partial charge on any atom is 0.123 e. The third kappa shape index (κ3) is 2.78. The van der Waals surface area contributed by atoms with E-state index in [1.807, 2.05) is 31.6 Å². The van der Waals surface area contributed by atoms with Gasteiger partial charge in [0, 0.05) is 13.6 Å². The molecule has 0 fully saturated rings. The number of hydrogen-bond acceptors (Lipinski definition) is 4. The van der Waals surface area contributed by atoms with E-state index in [0.29, 0.717) is 0 Å². The standard InChI is InChI=1S/C13H17N3O/c1-3-16(10-13-5-4-6-17-13)12-7-11(14-2)8-15-9-12/h4-9,14H,3,10H2,1-2H3. The van der Waals surface area contributed by atoms with E-state index in [1.54, 1.807) is 6.26 Å². The van der Waals surface area contributed by atoms with E-state index in [0.717, 1.165) is 30.2 Å². The lowest BCUT2D eigenvalue weighted by molar-refractivity contribution is 0.503. The first-order valence-corrected chi connectivity index (χ1v) is 5.73. The molecule has 0 aliphatic carbocycles. The Hall–Kier alpha value is -1.97. The maximum absolute atomic E-state index is 5.37. The monoisotopic (exact) mass is 231 g/mol. The lowest BCUT2D eigenvalue weighted by Gasteiger charge is -2.21. The molecule has 0 unspecified atom stereocenters. The molecule has 2 rings (SSSR count). The number of nitrogens with one attached hydrogen (secondary N) is 1. The molecule has 2 aromatic heterocycles. The molecule has 0 aliphatic rings. The van der Waals surface area contributed by atoms with Crippen LogP contribution in [0.15, 0.2) is 41.3 Å². The van der Waals surface area contributed by atoms with Crippen LogP contribution in [0.2, 0.25) is 0 Å². The highest BCUT2D eigenvalue weighted by Crippen LogP contribution is 2.19. The lowest BCUT2D eigenvalue weighted by atomic mass is 10.3. The molecule has 2 heterocycles. The van der Waals surface area contributed by atoms with Gasteiger partial charge in [0.2, 0.25) is 0 Å². The van der Waals surface area contributed by atoms with Crippen LogP contribution in [0.25, 0.3) is 0 Å². The van der Waals surface area contributed by atoms with Gasteiger partial charge in [0.1, 0.15) is 5.76 Å². The van der Waals surface area contributed by atoms with Crippen LogP contribution in [0.5, 0.6) is 0 Å². The van der Waals surface area contributed by atoms with Gasteiger partial charge in [-0.1, -0.05) is 0 Å². The van der Waals surface area contributed by atoms with Gasteiger partial charge in [-0.25, -0.2) is 0 Å². The zero-order chi connectivity index (χ0) is 12.1. The van der Waals surface area contributed by atoms with Crippen molar-refractivity contribution in [1.29, 1.82) is 0 Å². The third-order valence-corrected chi connectivity index (χ3v) is 2.69. The topological polar surface area (TPSA) is 41.3 Å². The van der Waals surface area contributed by atoms with Crippen molar-refractivity contribution in [1.82, 2.24) is 4.98 Å². The molecule has 0 aromatic carbocycles. The van der Waals surface area contributed by atoms with Crippen LogP contribution >= 0.6 is 0 Å². The minimum Gasteiger partial charge on any atom is -0.467 e. The first-order valence-electron chi connectivity index (χ1n) is 5.73. The number of aromatic nitrogens is 1. The highest BCUT2D eigenvalue weighted by atomic mass is 16.3. The summed E-state index contributed by atoms with van der Waals surface area (Å²) in [7, 11) is 1.89. The van der Waals surface area contributed by atoms with Crippen molar-refractivity contribution in [3.05, 3.63) is 42.6 Å². The molecule has 0 bridgehead atoms. The predicted molar refractivity (Wildman–Crippen MR) is 69.2 cm³/mol. The molecule has 0 aliphatic heterocycles. The zero-order valence-corrected chi connectivity index (χ0v) is 10.2. The third-order valence-electron chi connectivity index (χ3n) is 2.69. The van der Waals surface area contributed by atoms with E-state index >= 15 is 0 Å². The molecule has 17 heavy (non-hydrogen) atoms. The summed E-state index contributed by atoms with van der Waals surface area (Å²) < 4.78 is 5.37. The average Bonchev–Trinajstić information content (AvgIpc) is 2.89. The minimum absolute atomic E-state index is 0.762. The molecule has 2 aromatic rings. The Morgan fingerprint density at radius 3 is 2.94 bits per heavy atom. The van der Waals surface area contributed by atoms with E-state index in [9.17, 15) is 0 Å². The molecular formula is C13H17N3O. The van der Waals surface area contributed by atoms with Gasteiger partial charge in [-0.2, -0.15) is 0 Å². The van der Waals surface area contributed by atoms with E-state index in [2.05, 4.69) is 28.2 Å². The van der Waals surface area contributed by atoms with Crippen LogP contribution in [0.4, 0.5) is 11.4 Å². The lowest BCUT2D eigenvalue weighted by Crippen LogP contribution is -2.21. The highest BCUT2D eigenvalue weighted by Gasteiger charge is 2.07. The SMILES string of the molecule is CCN(Cc1ccco1)c1cncc(NC)c1. The summed E-state index contributed by atoms with van der Waals surface area (Å²) in [5, 5.41) is 3.09. The van der Waals surface area contributed by atoms with E-state index in [1.165, 1.54) is 0 Å². The molecule has 4 nitrogen and oxygen atoms in total. The van der Waals surface area contributed by atoms with Gasteiger partial charge >= 0.3 is 0 Å². The summed E-state index contributed by atoms with van der Waals surface area (Å²) in [5.74, 6) is 0.960. The second kappa shape index (κ2) is 5.39. The minimum atomic E-state index is 0.762. The van der Waals surface area contributed by atoms with E-state index in [4.69, 9.17) is 4.42 Å². The quantitative estimate of drug-likeness (QED) is 0.859. The molecule has 4 heteroatoms. The highest BCUT2D eigenvalue weighted by molar-refractivity contribution is 5.55. The Labute approximate surface area is 101 Å². The van der Waals surface area contributed by atoms with Gasteiger partial charge in [-0.05, 0) is 25.1 Å². The van der Waals surface area contributed by atoms with Crippen molar-refractivity contribution in [2.45, 2.75) is 13.5 Å². The Bertz CT molecular complexity index is 453. The normalized spacial score (nSPS) is 10.2. The number of furan rings is 1. The fourth-order valence-corrected chi connectivity index (χ4v) is 1.71. The number of hydrogen-bond donors (Lipinski definition) is 1. The summed E-state index contributed by atoms with van der Waals surface area (Å²) in [6.45, 7) is 3.79. The Balaban J connectivity index is 2.16. The number of pyridine rings is 1. The van der Waals surface area contributed by atoms with Gasteiger partial charge in [-0.3, -0.25) is 4.98 Å². The van der Waals surface area contributed by atoms with Crippen LogP contribution < -0.4 is 10.2 Å². The van der Waals surface area contributed by atoms with Crippen molar-refractivity contribution in [2.24, 2.45) is 0 Å². The van der Waals surface area contributed by atoms with Crippen LogP contribution in [0.1, 0.15) is 12.7 Å². The molecule has 0 atom stereocenters. The molecule has 0 amide bonds. The van der Waals surface area contributed by atoms with Crippen molar-refractivity contribution in [2.75, 3.05) is 23.8 Å². The molecule has 1 N–H and O–H groups in total. The Morgan fingerprint density at radius 2 is 2.29 bits per heavy atom. The first-order chi connectivity index (χ1) is 8.33. The Morgan fingerprint density at radius 1 is 1.41 bits per heavy atom. The summed E-state index contributed by atoms with van der Waals surface area (Å²) in [6.07, 6.45) is 5.38. The average molecular weight is 231 g/mol. The van der Waals surface area contributed by atoms with E-state index in [-0.39, 0.29) is 0 Å². The molecule has 0 spiro atoms. The largest absolute Gasteiger partial charge is 0.467 e. The van der Waals surface area contributed by atoms with Crippen molar-refractivity contribution in [3.8, 4) is 0 Å². The zero-order valence-electron chi connectivity index (χ0n) is 10.2. The molecule has 0 saturated carbocycles. The van der Waals surface area contributed by atoms with Gasteiger partial charge in [-0.15, -0.1) is 0 Å². The van der Waals surface area contributed by atoms with Gasteiger partial charge in [0.05, 0.1) is 36.6 Å². The van der Waals surface area contributed by atoms with Gasteiger partial charge in [0.25, 0.3) is 0 Å². The molecular weight excluding hydrogens is 214 g/mol. The summed E-state index contributed by atoms with van der Waals surface area (Å²) >= 11 is 0. The maximum atomic E-state index is 5.37. The number of nitrogens with zero attached hydrogens (tertiary/aromatic N) is 2. The van der Waals surface area contributed by atoms with Gasteiger partial charge < -0.3 is 14.6 Å². The van der Waals surface area contributed by atoms with Crippen molar-refractivity contribution >= 4 is 11.4 Å². The van der Waals surface area contributed by atoms with Crippen LogP contribution in [0.3, 0.4) is 0 Å². The molecule has 90 valence electrons.